The zero-order valence-corrected chi connectivity index (χ0v) is 11.9. The molecule has 92 valence electrons. The smallest absolute Gasteiger partial charge is 0.157 e. The highest BCUT2D eigenvalue weighted by atomic mass is 32.2. The van der Waals surface area contributed by atoms with Crippen LogP contribution in [-0.2, 0) is 0 Å². The van der Waals surface area contributed by atoms with Crippen LogP contribution in [0, 0.1) is 0 Å². The van der Waals surface area contributed by atoms with Crippen molar-refractivity contribution in [3.8, 4) is 0 Å². The van der Waals surface area contributed by atoms with E-state index >= 15 is 0 Å². The van der Waals surface area contributed by atoms with Crippen molar-refractivity contribution in [3.63, 3.8) is 0 Å². The molecule has 2 aliphatic rings. The molecule has 0 radical (unpaired) electrons. The Hall–Kier alpha value is 0.170. The van der Waals surface area contributed by atoms with Crippen LogP contribution in [0.4, 0.5) is 0 Å². The first kappa shape index (κ1) is 12.6. The van der Waals surface area contributed by atoms with Crippen LogP contribution in [0.3, 0.4) is 0 Å². The third-order valence-electron chi connectivity index (χ3n) is 3.39. The molecule has 1 N–H and O–H groups in total. The minimum absolute atomic E-state index is 0.575. The van der Waals surface area contributed by atoms with Crippen LogP contribution >= 0.6 is 23.5 Å². The summed E-state index contributed by atoms with van der Waals surface area (Å²) in [6, 6.07) is 1.19. The van der Waals surface area contributed by atoms with E-state index in [0.717, 1.165) is 5.25 Å². The summed E-state index contributed by atoms with van der Waals surface area (Å²) in [6.07, 6.45) is 8.81. The van der Waals surface area contributed by atoms with Crippen molar-refractivity contribution in [2.75, 3.05) is 12.0 Å². The molecule has 4 heteroatoms. The minimum Gasteiger partial charge on any atom is -0.362 e. The largest absolute Gasteiger partial charge is 0.362 e. The zero-order valence-electron chi connectivity index (χ0n) is 10.2. The van der Waals surface area contributed by atoms with Gasteiger partial charge in [-0.1, -0.05) is 18.2 Å². The quantitative estimate of drug-likeness (QED) is 0.823. The molecule has 1 saturated carbocycles. The Morgan fingerprint density at radius 1 is 1.38 bits per heavy atom. The fourth-order valence-corrected chi connectivity index (χ4v) is 4.34. The molecule has 0 bridgehead atoms. The SMILES string of the molecule is CSC1CCCC(N=C2NC(C)CCS2)C1. The van der Waals surface area contributed by atoms with Crippen molar-refractivity contribution in [2.45, 2.75) is 56.4 Å². The fourth-order valence-electron chi connectivity index (χ4n) is 2.35. The molecule has 0 aromatic rings. The van der Waals surface area contributed by atoms with Crippen molar-refractivity contribution in [1.82, 2.24) is 5.32 Å². The van der Waals surface area contributed by atoms with E-state index in [0.29, 0.717) is 12.1 Å². The number of thioether (sulfide) groups is 2. The van der Waals surface area contributed by atoms with Gasteiger partial charge in [0, 0.05) is 17.0 Å². The van der Waals surface area contributed by atoms with E-state index in [-0.39, 0.29) is 0 Å². The lowest BCUT2D eigenvalue weighted by atomic mass is 9.95. The Bertz CT molecular complexity index is 255. The summed E-state index contributed by atoms with van der Waals surface area (Å²) in [5.41, 5.74) is 0. The van der Waals surface area contributed by atoms with Crippen LogP contribution in [0.5, 0.6) is 0 Å². The van der Waals surface area contributed by atoms with Gasteiger partial charge in [0.1, 0.15) is 0 Å². The molecule has 2 fully saturated rings. The van der Waals surface area contributed by atoms with E-state index in [9.17, 15) is 0 Å². The van der Waals surface area contributed by atoms with Gasteiger partial charge < -0.3 is 5.32 Å². The summed E-state index contributed by atoms with van der Waals surface area (Å²) in [7, 11) is 0. The molecule has 1 saturated heterocycles. The number of amidine groups is 1. The first-order valence-electron chi connectivity index (χ1n) is 6.28. The molecule has 3 atom stereocenters. The van der Waals surface area contributed by atoms with Gasteiger partial charge in [-0.05, 0) is 38.9 Å². The number of aliphatic imine (C=N–C) groups is 1. The molecule has 1 aliphatic heterocycles. The molecule has 2 rings (SSSR count). The van der Waals surface area contributed by atoms with Crippen molar-refractivity contribution >= 4 is 28.7 Å². The lowest BCUT2D eigenvalue weighted by Crippen LogP contribution is -2.36. The Labute approximate surface area is 107 Å². The van der Waals surface area contributed by atoms with Crippen LogP contribution in [0.15, 0.2) is 4.99 Å². The zero-order chi connectivity index (χ0) is 11.4. The summed E-state index contributed by atoms with van der Waals surface area (Å²) in [5.74, 6) is 1.23. The predicted molar refractivity (Wildman–Crippen MR) is 76.7 cm³/mol. The van der Waals surface area contributed by atoms with Crippen molar-refractivity contribution in [1.29, 1.82) is 0 Å². The van der Waals surface area contributed by atoms with Gasteiger partial charge in [-0.3, -0.25) is 4.99 Å². The first-order valence-corrected chi connectivity index (χ1v) is 8.55. The molecule has 0 spiro atoms. The van der Waals surface area contributed by atoms with Gasteiger partial charge >= 0.3 is 0 Å². The van der Waals surface area contributed by atoms with E-state index in [4.69, 9.17) is 4.99 Å². The van der Waals surface area contributed by atoms with Crippen molar-refractivity contribution < 1.29 is 0 Å². The molecule has 16 heavy (non-hydrogen) atoms. The second kappa shape index (κ2) is 6.20. The lowest BCUT2D eigenvalue weighted by molar-refractivity contribution is 0.452. The van der Waals surface area contributed by atoms with Gasteiger partial charge in [0.15, 0.2) is 5.17 Å². The van der Waals surface area contributed by atoms with Crippen LogP contribution in [0.2, 0.25) is 0 Å². The maximum atomic E-state index is 4.90. The van der Waals surface area contributed by atoms with Crippen LogP contribution in [0.25, 0.3) is 0 Å². The average Bonchev–Trinajstić information content (AvgIpc) is 2.29. The summed E-state index contributed by atoms with van der Waals surface area (Å²) in [5, 5.41) is 5.54. The topological polar surface area (TPSA) is 24.4 Å². The fraction of sp³-hybridized carbons (Fsp3) is 0.917. The highest BCUT2D eigenvalue weighted by Crippen LogP contribution is 2.29. The van der Waals surface area contributed by atoms with Gasteiger partial charge in [-0.2, -0.15) is 11.8 Å². The molecule has 0 aromatic carbocycles. The Kier molecular flexibility index (Phi) is 4.89. The summed E-state index contributed by atoms with van der Waals surface area (Å²) in [6.45, 7) is 2.25. The van der Waals surface area contributed by atoms with E-state index in [1.54, 1.807) is 0 Å². The summed E-state index contributed by atoms with van der Waals surface area (Å²) >= 11 is 3.92. The van der Waals surface area contributed by atoms with Crippen LogP contribution < -0.4 is 5.32 Å². The Balaban J connectivity index is 1.89. The maximum Gasteiger partial charge on any atom is 0.157 e. The molecular weight excluding hydrogens is 236 g/mol. The highest BCUT2D eigenvalue weighted by molar-refractivity contribution is 8.13. The van der Waals surface area contributed by atoms with Gasteiger partial charge in [-0.15, -0.1) is 0 Å². The predicted octanol–water partition coefficient (Wildman–Crippen LogP) is 3.13. The number of hydrogen-bond donors (Lipinski definition) is 1. The van der Waals surface area contributed by atoms with Crippen LogP contribution in [-0.4, -0.2) is 34.5 Å². The second-order valence-electron chi connectivity index (χ2n) is 4.79. The number of hydrogen-bond acceptors (Lipinski definition) is 3. The monoisotopic (exact) mass is 258 g/mol. The second-order valence-corrected chi connectivity index (χ2v) is 7.02. The first-order chi connectivity index (χ1) is 7.78. The van der Waals surface area contributed by atoms with E-state index in [2.05, 4.69) is 18.5 Å². The summed E-state index contributed by atoms with van der Waals surface area (Å²) in [4.78, 5) is 4.90. The van der Waals surface area contributed by atoms with E-state index in [1.807, 2.05) is 23.5 Å². The molecule has 1 aliphatic carbocycles. The molecule has 2 nitrogen and oxygen atoms in total. The standard InChI is InChI=1S/C12H22N2S2/c1-9-6-7-16-12(13-9)14-10-4-3-5-11(8-10)15-2/h9-11H,3-8H2,1-2H3,(H,13,14). The van der Waals surface area contributed by atoms with Gasteiger partial charge in [0.25, 0.3) is 0 Å². The van der Waals surface area contributed by atoms with Crippen molar-refractivity contribution in [2.24, 2.45) is 4.99 Å². The average molecular weight is 258 g/mol. The van der Waals surface area contributed by atoms with Gasteiger partial charge in [0.05, 0.1) is 6.04 Å². The molecule has 3 unspecified atom stereocenters. The van der Waals surface area contributed by atoms with Gasteiger partial charge in [0.2, 0.25) is 0 Å². The summed E-state index contributed by atoms with van der Waals surface area (Å²) < 4.78 is 0. The Morgan fingerprint density at radius 2 is 2.25 bits per heavy atom. The lowest BCUT2D eigenvalue weighted by Gasteiger charge is -2.28. The molecule has 0 aromatic heterocycles. The third-order valence-corrected chi connectivity index (χ3v) is 5.42. The number of rotatable bonds is 2. The molecule has 1 heterocycles. The molecule has 0 amide bonds. The normalized spacial score (nSPS) is 38.4. The Morgan fingerprint density at radius 3 is 3.00 bits per heavy atom. The number of nitrogens with one attached hydrogen (secondary N) is 1. The molecular formula is C12H22N2S2. The van der Waals surface area contributed by atoms with Gasteiger partial charge in [-0.25, -0.2) is 0 Å². The van der Waals surface area contributed by atoms with E-state index < -0.39 is 0 Å². The maximum absolute atomic E-state index is 4.90. The number of nitrogens with zero attached hydrogens (tertiary/aromatic N) is 1. The van der Waals surface area contributed by atoms with Crippen LogP contribution in [0.1, 0.15) is 39.0 Å². The third kappa shape index (κ3) is 3.59. The van der Waals surface area contributed by atoms with Crippen molar-refractivity contribution in [3.05, 3.63) is 0 Å². The highest BCUT2D eigenvalue weighted by Gasteiger charge is 2.22. The minimum atomic E-state index is 0.575. The van der Waals surface area contributed by atoms with E-state index in [1.165, 1.54) is 43.0 Å².